The van der Waals surface area contributed by atoms with Crippen molar-refractivity contribution in [2.75, 3.05) is 13.7 Å². The van der Waals surface area contributed by atoms with Crippen molar-refractivity contribution in [3.05, 3.63) is 106 Å². The van der Waals surface area contributed by atoms with E-state index in [4.69, 9.17) is 24.5 Å². The SMILES string of the molecule is COC(=O)c1ccc2nc(Cn3ncc(-c4cccc(OCc5ccc(C#N)cc5F)n4)cc3=O)n(C[C@@H]3CCO3)c2c1. The molecule has 0 spiro atoms. The Kier molecular flexibility index (Phi) is 7.63. The molecule has 0 N–H and O–H groups in total. The highest BCUT2D eigenvalue weighted by atomic mass is 19.1. The van der Waals surface area contributed by atoms with Gasteiger partial charge in [-0.3, -0.25) is 4.79 Å². The Labute approximate surface area is 244 Å². The highest BCUT2D eigenvalue weighted by Gasteiger charge is 2.23. The van der Waals surface area contributed by atoms with Gasteiger partial charge in [0.1, 0.15) is 24.8 Å². The number of nitriles is 1. The number of hydrogen-bond donors (Lipinski definition) is 0. The van der Waals surface area contributed by atoms with Crippen LogP contribution in [0.3, 0.4) is 0 Å². The third kappa shape index (κ3) is 5.84. The Balaban J connectivity index is 1.23. The van der Waals surface area contributed by atoms with Crippen molar-refractivity contribution in [3.8, 4) is 23.2 Å². The number of methoxy groups -OCH3 is 1. The second-order valence-electron chi connectivity index (χ2n) is 9.92. The predicted octanol–water partition coefficient (Wildman–Crippen LogP) is 3.87. The Morgan fingerprint density at radius 1 is 1.16 bits per heavy atom. The minimum atomic E-state index is -0.541. The van der Waals surface area contributed by atoms with Crippen molar-refractivity contribution in [1.29, 1.82) is 5.26 Å². The molecule has 1 fully saturated rings. The molecular weight excluding hydrogens is 555 g/mol. The Morgan fingerprint density at radius 3 is 2.74 bits per heavy atom. The monoisotopic (exact) mass is 580 g/mol. The summed E-state index contributed by atoms with van der Waals surface area (Å²) in [6.45, 7) is 1.23. The van der Waals surface area contributed by atoms with Crippen molar-refractivity contribution < 1.29 is 23.4 Å². The summed E-state index contributed by atoms with van der Waals surface area (Å²) in [4.78, 5) is 34.5. The molecule has 3 aromatic heterocycles. The summed E-state index contributed by atoms with van der Waals surface area (Å²) in [5.74, 6) is -0.156. The molecule has 1 saturated heterocycles. The smallest absolute Gasteiger partial charge is 0.337 e. The number of rotatable bonds is 9. The van der Waals surface area contributed by atoms with Gasteiger partial charge in [-0.2, -0.15) is 10.4 Å². The van der Waals surface area contributed by atoms with Crippen molar-refractivity contribution >= 4 is 17.0 Å². The molecule has 0 unspecified atom stereocenters. The summed E-state index contributed by atoms with van der Waals surface area (Å²) in [7, 11) is 1.33. The third-order valence-corrected chi connectivity index (χ3v) is 7.17. The Morgan fingerprint density at radius 2 is 2.02 bits per heavy atom. The Bertz CT molecular complexity index is 1940. The molecule has 12 heteroatoms. The van der Waals surface area contributed by atoms with Gasteiger partial charge >= 0.3 is 5.97 Å². The third-order valence-electron chi connectivity index (χ3n) is 7.17. The lowest BCUT2D eigenvalue weighted by atomic mass is 10.1. The van der Waals surface area contributed by atoms with Gasteiger partial charge in [0.2, 0.25) is 5.88 Å². The van der Waals surface area contributed by atoms with E-state index in [0.717, 1.165) is 18.0 Å². The Hall–Kier alpha value is -5.41. The molecule has 1 aliphatic heterocycles. The van der Waals surface area contributed by atoms with Crippen LogP contribution >= 0.6 is 0 Å². The quantitative estimate of drug-likeness (QED) is 0.238. The van der Waals surface area contributed by atoms with E-state index in [1.807, 2.05) is 10.6 Å². The molecule has 6 rings (SSSR count). The van der Waals surface area contributed by atoms with Crippen molar-refractivity contribution in [3.63, 3.8) is 0 Å². The molecule has 0 saturated carbocycles. The molecule has 0 bridgehead atoms. The highest BCUT2D eigenvalue weighted by molar-refractivity contribution is 5.93. The first-order valence-electron chi connectivity index (χ1n) is 13.5. The standard InChI is InChI=1S/C31H25FN6O5/c1-41-31(40)20-7-8-26-27(12-20)37(16-23-9-10-42-23)28(35-26)17-38-30(39)13-22(15-34-38)25-3-2-4-29(36-25)43-18-21-6-5-19(14-33)11-24(21)32/h2-8,11-13,15,23H,9-10,16-18H2,1H3/t23-/m0/s1. The van der Waals surface area contributed by atoms with Gasteiger partial charge in [-0.05, 0) is 42.8 Å². The summed E-state index contributed by atoms with van der Waals surface area (Å²) in [5.41, 5.74) is 2.90. The number of ether oxygens (including phenoxy) is 3. The topological polar surface area (TPSA) is 134 Å². The molecule has 2 aromatic carbocycles. The van der Waals surface area contributed by atoms with E-state index in [1.165, 1.54) is 36.2 Å². The number of esters is 1. The van der Waals surface area contributed by atoms with E-state index in [0.29, 0.717) is 41.3 Å². The number of nitrogens with zero attached hydrogens (tertiary/aromatic N) is 6. The first kappa shape index (κ1) is 27.7. The molecular formula is C31H25FN6O5. The van der Waals surface area contributed by atoms with E-state index in [-0.39, 0.29) is 41.8 Å². The molecule has 1 aliphatic rings. The summed E-state index contributed by atoms with van der Waals surface area (Å²) in [6, 6.07) is 17.7. The molecule has 43 heavy (non-hydrogen) atoms. The van der Waals surface area contributed by atoms with Crippen LogP contribution < -0.4 is 10.3 Å². The lowest BCUT2D eigenvalue weighted by Crippen LogP contribution is -2.32. The largest absolute Gasteiger partial charge is 0.473 e. The summed E-state index contributed by atoms with van der Waals surface area (Å²) < 4.78 is 33.7. The maximum absolute atomic E-state index is 14.2. The minimum absolute atomic E-state index is 0.0129. The van der Waals surface area contributed by atoms with Gasteiger partial charge < -0.3 is 18.8 Å². The normalized spacial score (nSPS) is 14.2. The highest BCUT2D eigenvalue weighted by Crippen LogP contribution is 2.24. The van der Waals surface area contributed by atoms with Gasteiger partial charge in [0, 0.05) is 29.9 Å². The van der Waals surface area contributed by atoms with Crippen LogP contribution in [0.5, 0.6) is 5.88 Å². The number of fused-ring (bicyclic) bond motifs is 1. The van der Waals surface area contributed by atoms with Crippen LogP contribution in [-0.2, 0) is 29.2 Å². The van der Waals surface area contributed by atoms with Crippen molar-refractivity contribution in [1.82, 2.24) is 24.3 Å². The molecule has 1 atom stereocenters. The number of benzene rings is 2. The molecule has 0 aliphatic carbocycles. The maximum Gasteiger partial charge on any atom is 0.337 e. The molecule has 11 nitrogen and oxygen atoms in total. The van der Waals surface area contributed by atoms with E-state index >= 15 is 0 Å². The molecule has 4 heterocycles. The molecule has 0 radical (unpaired) electrons. The minimum Gasteiger partial charge on any atom is -0.473 e. The number of pyridine rings is 1. The fourth-order valence-electron chi connectivity index (χ4n) is 4.74. The number of carbonyl (C=O) groups excluding carboxylic acids is 1. The lowest BCUT2D eigenvalue weighted by Gasteiger charge is -2.27. The first-order chi connectivity index (χ1) is 20.9. The van der Waals surface area contributed by atoms with E-state index in [1.54, 1.807) is 36.4 Å². The molecule has 216 valence electrons. The van der Waals surface area contributed by atoms with Crippen LogP contribution in [0, 0.1) is 17.1 Å². The number of hydrogen-bond acceptors (Lipinski definition) is 9. The summed E-state index contributed by atoms with van der Waals surface area (Å²) in [6.07, 6.45) is 2.45. The molecule has 5 aromatic rings. The second kappa shape index (κ2) is 11.8. The van der Waals surface area contributed by atoms with Crippen LogP contribution in [0.25, 0.3) is 22.3 Å². The van der Waals surface area contributed by atoms with Crippen molar-refractivity contribution in [2.24, 2.45) is 0 Å². The number of carbonyl (C=O) groups is 1. The summed E-state index contributed by atoms with van der Waals surface area (Å²) in [5, 5.41) is 13.3. The molecule has 0 amide bonds. The number of halogens is 1. The maximum atomic E-state index is 14.2. The van der Waals surface area contributed by atoms with Crippen LogP contribution in [0.2, 0.25) is 0 Å². The van der Waals surface area contributed by atoms with E-state index in [2.05, 4.69) is 10.1 Å². The predicted molar refractivity (Wildman–Crippen MR) is 152 cm³/mol. The average molecular weight is 581 g/mol. The van der Waals surface area contributed by atoms with Gasteiger partial charge in [0.25, 0.3) is 5.56 Å². The van der Waals surface area contributed by atoms with Gasteiger partial charge in [0.15, 0.2) is 0 Å². The van der Waals surface area contributed by atoms with Gasteiger partial charge in [0.05, 0.1) is 59.9 Å². The zero-order valence-corrected chi connectivity index (χ0v) is 23.1. The lowest BCUT2D eigenvalue weighted by molar-refractivity contribution is -0.0590. The van der Waals surface area contributed by atoms with Crippen LogP contribution in [0.4, 0.5) is 4.39 Å². The number of aromatic nitrogens is 5. The van der Waals surface area contributed by atoms with Crippen LogP contribution in [0.1, 0.15) is 33.7 Å². The fraction of sp³-hybridized carbons (Fsp3) is 0.226. The van der Waals surface area contributed by atoms with Gasteiger partial charge in [-0.25, -0.2) is 23.8 Å². The zero-order chi connectivity index (χ0) is 29.9. The number of imidazole rings is 1. The van der Waals surface area contributed by atoms with Crippen LogP contribution in [0.15, 0.2) is 71.7 Å². The average Bonchev–Trinajstić information content (AvgIpc) is 3.34. The summed E-state index contributed by atoms with van der Waals surface area (Å²) >= 11 is 0. The van der Waals surface area contributed by atoms with Gasteiger partial charge in [-0.1, -0.05) is 12.1 Å². The first-order valence-corrected chi connectivity index (χ1v) is 13.5. The fourth-order valence-corrected chi connectivity index (χ4v) is 4.74. The van der Waals surface area contributed by atoms with Crippen LogP contribution in [-0.4, -0.2) is 50.1 Å². The van der Waals surface area contributed by atoms with E-state index in [9.17, 15) is 14.0 Å². The van der Waals surface area contributed by atoms with Crippen molar-refractivity contribution in [2.45, 2.75) is 32.2 Å². The second-order valence-corrected chi connectivity index (χ2v) is 9.92. The van der Waals surface area contributed by atoms with Gasteiger partial charge in [-0.15, -0.1) is 0 Å². The van der Waals surface area contributed by atoms with E-state index < -0.39 is 11.8 Å². The zero-order valence-electron chi connectivity index (χ0n) is 23.1.